The van der Waals surface area contributed by atoms with Crippen LogP contribution in [-0.2, 0) is 12.8 Å². The topological polar surface area (TPSA) is 37.3 Å². The van der Waals surface area contributed by atoms with Gasteiger partial charge in [0, 0.05) is 9.79 Å². The van der Waals surface area contributed by atoms with Crippen molar-refractivity contribution in [2.45, 2.75) is 35.5 Å². The van der Waals surface area contributed by atoms with Gasteiger partial charge in [0.05, 0.1) is 5.56 Å². The van der Waals surface area contributed by atoms with E-state index in [-0.39, 0.29) is 5.56 Å². The average Bonchev–Trinajstić information content (AvgIpc) is 2.49. The number of rotatable bonds is 3. The fourth-order valence-electron chi connectivity index (χ4n) is 2.66. The van der Waals surface area contributed by atoms with Crippen molar-refractivity contribution in [3.05, 3.63) is 58.9 Å². The number of carbonyl (C=O) groups is 1. The molecule has 108 valence electrons. The summed E-state index contributed by atoms with van der Waals surface area (Å²) in [6, 6.07) is 10.2. The van der Waals surface area contributed by atoms with E-state index in [4.69, 9.17) is 0 Å². The number of carboxylic acid groups (broad SMARTS) is 1. The Kier molecular flexibility index (Phi) is 3.97. The van der Waals surface area contributed by atoms with E-state index in [1.807, 2.05) is 6.07 Å². The molecule has 0 saturated carbocycles. The number of halogens is 1. The Balaban J connectivity index is 1.92. The molecule has 0 bridgehead atoms. The quantitative estimate of drug-likeness (QED) is 0.903. The molecule has 0 amide bonds. The lowest BCUT2D eigenvalue weighted by Crippen LogP contribution is -2.02. The number of fused-ring (bicyclic) bond motifs is 1. The van der Waals surface area contributed by atoms with Crippen LogP contribution in [0.25, 0.3) is 0 Å². The Morgan fingerprint density at radius 2 is 1.81 bits per heavy atom. The SMILES string of the molecule is O=C(O)c1cc(F)ccc1Sc1ccc2c(c1)CCCC2. The Bertz CT molecular complexity index is 697. The van der Waals surface area contributed by atoms with Gasteiger partial charge in [0.15, 0.2) is 0 Å². The molecule has 0 radical (unpaired) electrons. The lowest BCUT2D eigenvalue weighted by atomic mass is 9.92. The van der Waals surface area contributed by atoms with E-state index < -0.39 is 11.8 Å². The van der Waals surface area contributed by atoms with Crippen LogP contribution in [0.2, 0.25) is 0 Å². The molecule has 1 N–H and O–H groups in total. The molecule has 0 unspecified atom stereocenters. The number of hydrogen-bond donors (Lipinski definition) is 1. The second kappa shape index (κ2) is 5.90. The van der Waals surface area contributed by atoms with Gasteiger partial charge in [-0.05, 0) is 67.1 Å². The van der Waals surface area contributed by atoms with Crippen LogP contribution in [0.1, 0.15) is 34.3 Å². The van der Waals surface area contributed by atoms with E-state index in [9.17, 15) is 14.3 Å². The first-order valence-corrected chi connectivity index (χ1v) is 7.77. The molecule has 3 rings (SSSR count). The van der Waals surface area contributed by atoms with Gasteiger partial charge in [-0.3, -0.25) is 0 Å². The summed E-state index contributed by atoms with van der Waals surface area (Å²) in [5, 5.41) is 9.18. The van der Waals surface area contributed by atoms with E-state index in [1.165, 1.54) is 47.9 Å². The lowest BCUT2D eigenvalue weighted by molar-refractivity contribution is 0.0692. The minimum Gasteiger partial charge on any atom is -0.478 e. The standard InChI is InChI=1S/C17H15FO2S/c18-13-6-8-16(15(10-13)17(19)20)21-14-7-5-11-3-1-2-4-12(11)9-14/h5-10H,1-4H2,(H,19,20). The molecule has 0 aromatic heterocycles. The monoisotopic (exact) mass is 302 g/mol. The van der Waals surface area contributed by atoms with Crippen LogP contribution in [0.3, 0.4) is 0 Å². The summed E-state index contributed by atoms with van der Waals surface area (Å²) in [5.74, 6) is -1.63. The Morgan fingerprint density at radius 3 is 2.57 bits per heavy atom. The molecule has 2 aromatic carbocycles. The first-order valence-electron chi connectivity index (χ1n) is 6.96. The predicted octanol–water partition coefficient (Wildman–Crippen LogP) is 4.55. The molecule has 0 atom stereocenters. The molecule has 0 aliphatic heterocycles. The summed E-state index contributed by atoms with van der Waals surface area (Å²) in [6.07, 6.45) is 4.65. The van der Waals surface area contributed by atoms with E-state index in [2.05, 4.69) is 12.1 Å². The summed E-state index contributed by atoms with van der Waals surface area (Å²) in [6.45, 7) is 0. The van der Waals surface area contributed by atoms with Crippen LogP contribution in [0.15, 0.2) is 46.2 Å². The van der Waals surface area contributed by atoms with Crippen molar-refractivity contribution in [2.24, 2.45) is 0 Å². The second-order valence-electron chi connectivity index (χ2n) is 5.19. The summed E-state index contributed by atoms with van der Waals surface area (Å²) < 4.78 is 13.2. The van der Waals surface area contributed by atoms with Gasteiger partial charge in [-0.25, -0.2) is 9.18 Å². The molecule has 2 aromatic rings. The first kappa shape index (κ1) is 14.1. The van der Waals surface area contributed by atoms with Gasteiger partial charge in [0.25, 0.3) is 0 Å². The largest absolute Gasteiger partial charge is 0.478 e. The van der Waals surface area contributed by atoms with Gasteiger partial charge < -0.3 is 5.11 Å². The van der Waals surface area contributed by atoms with E-state index in [0.717, 1.165) is 23.8 Å². The molecule has 21 heavy (non-hydrogen) atoms. The van der Waals surface area contributed by atoms with Gasteiger partial charge in [-0.15, -0.1) is 0 Å². The van der Waals surface area contributed by atoms with Gasteiger partial charge >= 0.3 is 5.97 Å². The van der Waals surface area contributed by atoms with Gasteiger partial charge in [-0.1, -0.05) is 17.8 Å². The summed E-state index contributed by atoms with van der Waals surface area (Å²) in [4.78, 5) is 12.8. The lowest BCUT2D eigenvalue weighted by Gasteiger charge is -2.16. The van der Waals surface area contributed by atoms with E-state index in [1.54, 1.807) is 0 Å². The molecule has 0 fully saturated rings. The third-order valence-corrected chi connectivity index (χ3v) is 4.79. The molecule has 2 nitrogen and oxygen atoms in total. The van der Waals surface area contributed by atoms with Crippen molar-refractivity contribution in [1.29, 1.82) is 0 Å². The van der Waals surface area contributed by atoms with Gasteiger partial charge in [-0.2, -0.15) is 0 Å². The Morgan fingerprint density at radius 1 is 1.05 bits per heavy atom. The van der Waals surface area contributed by atoms with Crippen molar-refractivity contribution < 1.29 is 14.3 Å². The third-order valence-electron chi connectivity index (χ3n) is 3.72. The highest BCUT2D eigenvalue weighted by Gasteiger charge is 2.14. The van der Waals surface area contributed by atoms with Crippen LogP contribution < -0.4 is 0 Å². The highest BCUT2D eigenvalue weighted by molar-refractivity contribution is 7.99. The summed E-state index contributed by atoms with van der Waals surface area (Å²) in [5.41, 5.74) is 2.76. The number of hydrogen-bond acceptors (Lipinski definition) is 2. The highest BCUT2D eigenvalue weighted by Crippen LogP contribution is 2.33. The number of aryl methyl sites for hydroxylation is 2. The average molecular weight is 302 g/mol. The molecular weight excluding hydrogens is 287 g/mol. The maximum atomic E-state index is 13.2. The molecular formula is C17H15FO2S. The fourth-order valence-corrected chi connectivity index (χ4v) is 3.64. The zero-order valence-electron chi connectivity index (χ0n) is 11.4. The smallest absolute Gasteiger partial charge is 0.336 e. The van der Waals surface area contributed by atoms with Gasteiger partial charge in [0.2, 0.25) is 0 Å². The second-order valence-corrected chi connectivity index (χ2v) is 6.30. The van der Waals surface area contributed by atoms with Crippen LogP contribution in [0.5, 0.6) is 0 Å². The van der Waals surface area contributed by atoms with Gasteiger partial charge in [0.1, 0.15) is 5.82 Å². The van der Waals surface area contributed by atoms with Crippen LogP contribution >= 0.6 is 11.8 Å². The normalized spacial score (nSPS) is 13.8. The minimum absolute atomic E-state index is 0.0118. The molecule has 0 saturated heterocycles. The molecule has 1 aliphatic rings. The molecule has 1 aliphatic carbocycles. The Labute approximate surface area is 127 Å². The first-order chi connectivity index (χ1) is 10.1. The summed E-state index contributed by atoms with van der Waals surface area (Å²) >= 11 is 1.38. The zero-order valence-corrected chi connectivity index (χ0v) is 12.3. The Hall–Kier alpha value is -1.81. The van der Waals surface area contributed by atoms with E-state index >= 15 is 0 Å². The maximum Gasteiger partial charge on any atom is 0.336 e. The van der Waals surface area contributed by atoms with Crippen LogP contribution in [0, 0.1) is 5.82 Å². The van der Waals surface area contributed by atoms with Crippen molar-refractivity contribution in [2.75, 3.05) is 0 Å². The summed E-state index contributed by atoms with van der Waals surface area (Å²) in [7, 11) is 0. The third kappa shape index (κ3) is 3.10. The molecule has 4 heteroatoms. The van der Waals surface area contributed by atoms with Crippen LogP contribution in [-0.4, -0.2) is 11.1 Å². The fraction of sp³-hybridized carbons (Fsp3) is 0.235. The van der Waals surface area contributed by atoms with Crippen molar-refractivity contribution in [3.8, 4) is 0 Å². The van der Waals surface area contributed by atoms with Crippen LogP contribution in [0.4, 0.5) is 4.39 Å². The zero-order chi connectivity index (χ0) is 14.8. The van der Waals surface area contributed by atoms with Crippen molar-refractivity contribution in [1.82, 2.24) is 0 Å². The minimum atomic E-state index is -1.10. The van der Waals surface area contributed by atoms with Crippen molar-refractivity contribution in [3.63, 3.8) is 0 Å². The molecule has 0 heterocycles. The highest BCUT2D eigenvalue weighted by atomic mass is 32.2. The number of carboxylic acids is 1. The molecule has 0 spiro atoms. The number of aromatic carboxylic acids is 1. The van der Waals surface area contributed by atoms with E-state index in [0.29, 0.717) is 4.90 Å². The number of benzene rings is 2. The van der Waals surface area contributed by atoms with Crippen molar-refractivity contribution >= 4 is 17.7 Å². The maximum absolute atomic E-state index is 13.2. The predicted molar refractivity (Wildman–Crippen MR) is 80.6 cm³/mol.